The Morgan fingerprint density at radius 3 is 2.74 bits per heavy atom. The van der Waals surface area contributed by atoms with Gasteiger partial charge in [0.1, 0.15) is 10.7 Å². The lowest BCUT2D eigenvalue weighted by Crippen LogP contribution is -1.98. The molecule has 0 unspecified atom stereocenters. The fraction of sp³-hybridized carbons (Fsp3) is 0.231. The molecule has 0 aliphatic heterocycles. The molecule has 6 heteroatoms. The second-order valence-corrected chi connectivity index (χ2v) is 5.94. The third-order valence-electron chi connectivity index (χ3n) is 2.49. The standard InChI is InChI=1S/C13H13N5S/c1-9(2)19-12-7-6-11-15-16-13(18(11)17-12)10-5-3-4-8-14-10/h3-9H,1-2H3. The van der Waals surface area contributed by atoms with Crippen LogP contribution in [0, 0.1) is 0 Å². The van der Waals surface area contributed by atoms with E-state index in [1.54, 1.807) is 22.5 Å². The smallest absolute Gasteiger partial charge is 0.203 e. The van der Waals surface area contributed by atoms with Crippen LogP contribution < -0.4 is 0 Å². The summed E-state index contributed by atoms with van der Waals surface area (Å²) in [5, 5.41) is 14.3. The Balaban J connectivity index is 2.11. The molecule has 0 atom stereocenters. The summed E-state index contributed by atoms with van der Waals surface area (Å²) in [6.07, 6.45) is 1.74. The Kier molecular flexibility index (Phi) is 3.16. The summed E-state index contributed by atoms with van der Waals surface area (Å²) in [5.74, 6) is 0.668. The molecule has 0 fully saturated rings. The van der Waals surface area contributed by atoms with Gasteiger partial charge in [-0.2, -0.15) is 9.61 Å². The molecule has 0 aliphatic carbocycles. The van der Waals surface area contributed by atoms with Crippen LogP contribution in [-0.4, -0.2) is 30.0 Å². The van der Waals surface area contributed by atoms with Gasteiger partial charge in [-0.3, -0.25) is 4.98 Å². The third-order valence-corrected chi connectivity index (χ3v) is 3.42. The maximum Gasteiger partial charge on any atom is 0.203 e. The number of hydrogen-bond donors (Lipinski definition) is 0. The molecule has 0 spiro atoms. The lowest BCUT2D eigenvalue weighted by atomic mass is 10.3. The first-order valence-corrected chi connectivity index (χ1v) is 6.92. The molecule has 0 N–H and O–H groups in total. The zero-order valence-electron chi connectivity index (χ0n) is 10.7. The van der Waals surface area contributed by atoms with Crippen LogP contribution in [0.5, 0.6) is 0 Å². The van der Waals surface area contributed by atoms with Crippen LogP contribution in [0.15, 0.2) is 41.6 Å². The molecule has 0 aliphatic rings. The van der Waals surface area contributed by atoms with E-state index in [9.17, 15) is 0 Å². The molecule has 3 aromatic rings. The molecule has 0 radical (unpaired) electrons. The van der Waals surface area contributed by atoms with Crippen molar-refractivity contribution >= 4 is 17.4 Å². The Morgan fingerprint density at radius 2 is 2.00 bits per heavy atom. The van der Waals surface area contributed by atoms with Gasteiger partial charge in [0.25, 0.3) is 0 Å². The van der Waals surface area contributed by atoms with Gasteiger partial charge in [0.2, 0.25) is 5.82 Å². The van der Waals surface area contributed by atoms with Crippen LogP contribution in [-0.2, 0) is 0 Å². The van der Waals surface area contributed by atoms with E-state index in [1.165, 1.54) is 0 Å². The van der Waals surface area contributed by atoms with E-state index in [0.29, 0.717) is 11.1 Å². The molecule has 3 heterocycles. The average molecular weight is 271 g/mol. The molecule has 19 heavy (non-hydrogen) atoms. The van der Waals surface area contributed by atoms with Crippen molar-refractivity contribution in [2.24, 2.45) is 0 Å². The van der Waals surface area contributed by atoms with Crippen molar-refractivity contribution in [3.63, 3.8) is 0 Å². The number of pyridine rings is 1. The molecule has 0 saturated carbocycles. The first-order valence-electron chi connectivity index (χ1n) is 6.04. The van der Waals surface area contributed by atoms with Crippen LogP contribution in [0.25, 0.3) is 17.2 Å². The minimum absolute atomic E-state index is 0.486. The molecule has 96 valence electrons. The maximum absolute atomic E-state index is 4.57. The molecule has 0 saturated heterocycles. The van der Waals surface area contributed by atoms with E-state index in [2.05, 4.69) is 34.1 Å². The monoisotopic (exact) mass is 271 g/mol. The van der Waals surface area contributed by atoms with Gasteiger partial charge in [0, 0.05) is 11.4 Å². The fourth-order valence-electron chi connectivity index (χ4n) is 1.73. The first-order chi connectivity index (χ1) is 9.24. The van der Waals surface area contributed by atoms with Crippen molar-refractivity contribution in [2.45, 2.75) is 24.1 Å². The first kappa shape index (κ1) is 12.1. The summed E-state index contributed by atoms with van der Waals surface area (Å²) in [6, 6.07) is 9.60. The summed E-state index contributed by atoms with van der Waals surface area (Å²) in [5.41, 5.74) is 1.50. The zero-order chi connectivity index (χ0) is 13.2. The Bertz CT molecular complexity index is 693. The molecule has 3 rings (SSSR count). The average Bonchev–Trinajstić information content (AvgIpc) is 2.82. The number of nitrogens with zero attached hydrogens (tertiary/aromatic N) is 5. The summed E-state index contributed by atoms with van der Waals surface area (Å²) in [6.45, 7) is 4.28. The van der Waals surface area contributed by atoms with Crippen LogP contribution in [0.1, 0.15) is 13.8 Å². The van der Waals surface area contributed by atoms with Gasteiger partial charge in [-0.15, -0.1) is 22.0 Å². The van der Waals surface area contributed by atoms with Crippen LogP contribution >= 0.6 is 11.8 Å². The Labute approximate surface area is 115 Å². The van der Waals surface area contributed by atoms with Crippen molar-refractivity contribution in [1.82, 2.24) is 24.8 Å². The lowest BCUT2D eigenvalue weighted by molar-refractivity contribution is 0.854. The lowest BCUT2D eigenvalue weighted by Gasteiger charge is -2.04. The molecule has 5 nitrogen and oxygen atoms in total. The second-order valence-electron chi connectivity index (χ2n) is 4.35. The van der Waals surface area contributed by atoms with Gasteiger partial charge in [0.05, 0.1) is 0 Å². The molecule has 0 bridgehead atoms. The van der Waals surface area contributed by atoms with E-state index in [-0.39, 0.29) is 0 Å². The highest BCUT2D eigenvalue weighted by atomic mass is 32.2. The zero-order valence-corrected chi connectivity index (χ0v) is 11.5. The number of fused-ring (bicyclic) bond motifs is 1. The summed E-state index contributed by atoms with van der Waals surface area (Å²) in [7, 11) is 0. The Morgan fingerprint density at radius 1 is 1.11 bits per heavy atom. The normalized spacial score (nSPS) is 11.3. The summed E-state index contributed by atoms with van der Waals surface area (Å²) < 4.78 is 1.74. The van der Waals surface area contributed by atoms with Crippen molar-refractivity contribution < 1.29 is 0 Å². The van der Waals surface area contributed by atoms with Crippen molar-refractivity contribution in [2.75, 3.05) is 0 Å². The highest BCUT2D eigenvalue weighted by Gasteiger charge is 2.11. The van der Waals surface area contributed by atoms with Gasteiger partial charge < -0.3 is 0 Å². The molecule has 0 amide bonds. The SMILES string of the molecule is CC(C)Sc1ccc2nnc(-c3ccccn3)n2n1. The molecule has 0 aromatic carbocycles. The predicted octanol–water partition coefficient (Wildman–Crippen LogP) is 2.69. The largest absolute Gasteiger partial charge is 0.253 e. The minimum Gasteiger partial charge on any atom is -0.253 e. The van der Waals surface area contributed by atoms with Crippen LogP contribution in [0.4, 0.5) is 0 Å². The number of rotatable bonds is 3. The summed E-state index contributed by atoms with van der Waals surface area (Å²) >= 11 is 1.71. The van der Waals surface area contributed by atoms with Gasteiger partial charge in [-0.1, -0.05) is 19.9 Å². The van der Waals surface area contributed by atoms with Crippen molar-refractivity contribution in [1.29, 1.82) is 0 Å². The van der Waals surface area contributed by atoms with E-state index in [4.69, 9.17) is 0 Å². The van der Waals surface area contributed by atoms with E-state index >= 15 is 0 Å². The van der Waals surface area contributed by atoms with Gasteiger partial charge >= 0.3 is 0 Å². The molecular formula is C13H13N5S. The summed E-state index contributed by atoms with van der Waals surface area (Å²) in [4.78, 5) is 4.29. The van der Waals surface area contributed by atoms with Crippen molar-refractivity contribution in [3.8, 4) is 11.5 Å². The fourth-order valence-corrected chi connectivity index (χ4v) is 2.49. The second kappa shape index (κ2) is 4.97. The van der Waals surface area contributed by atoms with Gasteiger partial charge in [-0.05, 0) is 24.3 Å². The van der Waals surface area contributed by atoms with Crippen LogP contribution in [0.3, 0.4) is 0 Å². The number of aromatic nitrogens is 5. The van der Waals surface area contributed by atoms with Gasteiger partial charge in [-0.25, -0.2) is 0 Å². The van der Waals surface area contributed by atoms with Gasteiger partial charge in [0.15, 0.2) is 5.65 Å². The number of hydrogen-bond acceptors (Lipinski definition) is 5. The quantitative estimate of drug-likeness (QED) is 0.685. The molecule has 3 aromatic heterocycles. The maximum atomic E-state index is 4.57. The van der Waals surface area contributed by atoms with E-state index < -0.39 is 0 Å². The van der Waals surface area contributed by atoms with E-state index in [1.807, 2.05) is 30.3 Å². The highest BCUT2D eigenvalue weighted by Crippen LogP contribution is 2.22. The highest BCUT2D eigenvalue weighted by molar-refractivity contribution is 7.99. The Hall–Kier alpha value is -1.95. The van der Waals surface area contributed by atoms with Crippen molar-refractivity contribution in [3.05, 3.63) is 36.5 Å². The van der Waals surface area contributed by atoms with Crippen LogP contribution in [0.2, 0.25) is 0 Å². The third kappa shape index (κ3) is 2.44. The topological polar surface area (TPSA) is 56.0 Å². The predicted molar refractivity (Wildman–Crippen MR) is 75.0 cm³/mol. The minimum atomic E-state index is 0.486. The molecular weight excluding hydrogens is 258 g/mol. The van der Waals surface area contributed by atoms with E-state index in [0.717, 1.165) is 16.4 Å². The number of thioether (sulfide) groups is 1.